The minimum Gasteiger partial charge on any atom is -0.326 e. The number of rotatable bonds is 3. The van der Waals surface area contributed by atoms with Crippen molar-refractivity contribution in [1.82, 2.24) is 4.90 Å². The highest BCUT2D eigenvalue weighted by atomic mass is 32.2. The third-order valence-corrected chi connectivity index (χ3v) is 4.46. The van der Waals surface area contributed by atoms with Gasteiger partial charge in [0.1, 0.15) is 5.82 Å². The van der Waals surface area contributed by atoms with Crippen LogP contribution in [0, 0.1) is 5.82 Å². The molecular formula is C13H19FN2S. The molecule has 0 bridgehead atoms. The largest absolute Gasteiger partial charge is 0.326 e. The maximum absolute atomic E-state index is 13.1. The summed E-state index contributed by atoms with van der Waals surface area (Å²) >= 11 is 2.00. The van der Waals surface area contributed by atoms with E-state index in [1.807, 2.05) is 17.8 Å². The van der Waals surface area contributed by atoms with Crippen molar-refractivity contribution in [2.45, 2.75) is 26.1 Å². The summed E-state index contributed by atoms with van der Waals surface area (Å²) in [5, 5.41) is 0. The summed E-state index contributed by atoms with van der Waals surface area (Å²) in [5.74, 6) is 2.17. The molecular weight excluding hydrogens is 235 g/mol. The Balaban J connectivity index is 2.11. The van der Waals surface area contributed by atoms with Crippen molar-refractivity contribution < 1.29 is 4.39 Å². The Hall–Kier alpha value is -0.580. The number of benzene rings is 1. The van der Waals surface area contributed by atoms with Crippen molar-refractivity contribution in [3.63, 3.8) is 0 Å². The van der Waals surface area contributed by atoms with Crippen molar-refractivity contribution in [2.75, 3.05) is 18.1 Å². The zero-order chi connectivity index (χ0) is 12.3. The van der Waals surface area contributed by atoms with Crippen LogP contribution in [0.5, 0.6) is 0 Å². The molecule has 2 N–H and O–H groups in total. The van der Waals surface area contributed by atoms with Crippen LogP contribution in [-0.2, 0) is 13.1 Å². The number of hydrogen-bond acceptors (Lipinski definition) is 3. The van der Waals surface area contributed by atoms with E-state index in [9.17, 15) is 4.39 Å². The molecule has 1 fully saturated rings. The van der Waals surface area contributed by atoms with E-state index >= 15 is 0 Å². The molecule has 2 nitrogen and oxygen atoms in total. The average molecular weight is 254 g/mol. The average Bonchev–Trinajstić information content (AvgIpc) is 2.34. The molecule has 0 radical (unpaired) electrons. The molecule has 4 heteroatoms. The van der Waals surface area contributed by atoms with Gasteiger partial charge in [-0.05, 0) is 30.2 Å². The molecule has 0 spiro atoms. The first-order chi connectivity index (χ1) is 8.20. The van der Waals surface area contributed by atoms with Crippen LogP contribution in [0.25, 0.3) is 0 Å². The standard InChI is InChI=1S/C13H19FN2S/c1-10-9-17-5-4-16(10)8-11-2-3-13(14)6-12(11)7-15/h2-3,6,10H,4-5,7-9,15H2,1H3. The van der Waals surface area contributed by atoms with Gasteiger partial charge in [-0.25, -0.2) is 4.39 Å². The van der Waals surface area contributed by atoms with Crippen molar-refractivity contribution in [2.24, 2.45) is 5.73 Å². The first kappa shape index (κ1) is 12.9. The monoisotopic (exact) mass is 254 g/mol. The first-order valence-corrected chi connectivity index (χ1v) is 7.15. The molecule has 1 saturated heterocycles. The minimum atomic E-state index is -0.198. The van der Waals surface area contributed by atoms with Gasteiger partial charge in [-0.15, -0.1) is 0 Å². The highest BCUT2D eigenvalue weighted by Crippen LogP contribution is 2.20. The van der Waals surface area contributed by atoms with Gasteiger partial charge in [-0.1, -0.05) is 6.07 Å². The Labute approximate surface area is 106 Å². The molecule has 1 aliphatic rings. The lowest BCUT2D eigenvalue weighted by Gasteiger charge is -2.33. The van der Waals surface area contributed by atoms with Crippen molar-refractivity contribution in [3.05, 3.63) is 35.1 Å². The molecule has 0 saturated carbocycles. The fourth-order valence-corrected chi connectivity index (χ4v) is 3.24. The Kier molecular flexibility index (Phi) is 4.42. The molecule has 1 atom stereocenters. The molecule has 17 heavy (non-hydrogen) atoms. The molecule has 1 aromatic carbocycles. The molecule has 1 heterocycles. The van der Waals surface area contributed by atoms with Crippen LogP contribution in [-0.4, -0.2) is 29.0 Å². The number of thioether (sulfide) groups is 1. The van der Waals surface area contributed by atoms with Crippen LogP contribution < -0.4 is 5.73 Å². The molecule has 94 valence electrons. The Morgan fingerprint density at radius 3 is 3.00 bits per heavy atom. The maximum atomic E-state index is 13.1. The van der Waals surface area contributed by atoms with Gasteiger partial charge in [0, 0.05) is 37.2 Å². The van der Waals surface area contributed by atoms with Gasteiger partial charge >= 0.3 is 0 Å². The van der Waals surface area contributed by atoms with Gasteiger partial charge in [-0.2, -0.15) is 11.8 Å². The summed E-state index contributed by atoms with van der Waals surface area (Å²) in [7, 11) is 0. The van der Waals surface area contributed by atoms with E-state index in [0.29, 0.717) is 12.6 Å². The third-order valence-electron chi connectivity index (χ3n) is 3.27. The fraction of sp³-hybridized carbons (Fsp3) is 0.538. The van der Waals surface area contributed by atoms with Crippen LogP contribution in [0.3, 0.4) is 0 Å². The van der Waals surface area contributed by atoms with E-state index in [-0.39, 0.29) is 5.82 Å². The Morgan fingerprint density at radius 2 is 2.29 bits per heavy atom. The molecule has 0 amide bonds. The van der Waals surface area contributed by atoms with E-state index in [2.05, 4.69) is 11.8 Å². The van der Waals surface area contributed by atoms with Crippen molar-refractivity contribution in [3.8, 4) is 0 Å². The maximum Gasteiger partial charge on any atom is 0.123 e. The van der Waals surface area contributed by atoms with Gasteiger partial charge in [0.2, 0.25) is 0 Å². The zero-order valence-corrected chi connectivity index (χ0v) is 11.0. The summed E-state index contributed by atoms with van der Waals surface area (Å²) in [6.07, 6.45) is 0. The second kappa shape index (κ2) is 5.85. The molecule has 2 rings (SSSR count). The molecule has 1 unspecified atom stereocenters. The van der Waals surface area contributed by atoms with E-state index in [4.69, 9.17) is 5.73 Å². The van der Waals surface area contributed by atoms with Gasteiger partial charge in [-0.3, -0.25) is 4.90 Å². The lowest BCUT2D eigenvalue weighted by molar-refractivity contribution is 0.223. The topological polar surface area (TPSA) is 29.3 Å². The zero-order valence-electron chi connectivity index (χ0n) is 10.2. The highest BCUT2D eigenvalue weighted by Gasteiger charge is 2.19. The smallest absolute Gasteiger partial charge is 0.123 e. The second-order valence-electron chi connectivity index (χ2n) is 4.51. The first-order valence-electron chi connectivity index (χ1n) is 6.00. The summed E-state index contributed by atoms with van der Waals surface area (Å²) in [6, 6.07) is 5.53. The van der Waals surface area contributed by atoms with Crippen LogP contribution in [0.1, 0.15) is 18.1 Å². The quantitative estimate of drug-likeness (QED) is 0.897. The number of nitrogens with zero attached hydrogens (tertiary/aromatic N) is 1. The second-order valence-corrected chi connectivity index (χ2v) is 5.66. The van der Waals surface area contributed by atoms with E-state index in [0.717, 1.165) is 24.2 Å². The lowest BCUT2D eigenvalue weighted by Crippen LogP contribution is -2.39. The Bertz CT molecular complexity index is 384. The van der Waals surface area contributed by atoms with Gasteiger partial charge in [0.05, 0.1) is 0 Å². The summed E-state index contributed by atoms with van der Waals surface area (Å²) in [6.45, 7) is 4.64. The van der Waals surface area contributed by atoms with Crippen LogP contribution >= 0.6 is 11.8 Å². The lowest BCUT2D eigenvalue weighted by atomic mass is 10.1. The molecule has 0 aliphatic carbocycles. The number of hydrogen-bond donors (Lipinski definition) is 1. The number of nitrogens with two attached hydrogens (primary N) is 1. The summed E-state index contributed by atoms with van der Waals surface area (Å²) < 4.78 is 13.1. The fourth-order valence-electron chi connectivity index (χ4n) is 2.15. The van der Waals surface area contributed by atoms with E-state index < -0.39 is 0 Å². The van der Waals surface area contributed by atoms with Crippen LogP contribution in [0.2, 0.25) is 0 Å². The van der Waals surface area contributed by atoms with Crippen molar-refractivity contribution in [1.29, 1.82) is 0 Å². The molecule has 0 aromatic heterocycles. The molecule has 1 aromatic rings. The normalized spacial score (nSPS) is 21.7. The van der Waals surface area contributed by atoms with Crippen molar-refractivity contribution >= 4 is 11.8 Å². The van der Waals surface area contributed by atoms with Crippen LogP contribution in [0.15, 0.2) is 18.2 Å². The predicted molar refractivity (Wildman–Crippen MR) is 71.5 cm³/mol. The Morgan fingerprint density at radius 1 is 1.47 bits per heavy atom. The minimum absolute atomic E-state index is 0.198. The predicted octanol–water partition coefficient (Wildman–Crippen LogP) is 2.22. The summed E-state index contributed by atoms with van der Waals surface area (Å²) in [5.41, 5.74) is 7.76. The van der Waals surface area contributed by atoms with E-state index in [1.54, 1.807) is 6.07 Å². The van der Waals surface area contributed by atoms with Gasteiger partial charge in [0.25, 0.3) is 0 Å². The van der Waals surface area contributed by atoms with Gasteiger partial charge in [0.15, 0.2) is 0 Å². The van der Waals surface area contributed by atoms with Gasteiger partial charge < -0.3 is 5.73 Å². The number of halogens is 1. The third kappa shape index (κ3) is 3.21. The van der Waals surface area contributed by atoms with E-state index in [1.165, 1.54) is 17.6 Å². The van der Waals surface area contributed by atoms with Crippen LogP contribution in [0.4, 0.5) is 4.39 Å². The molecule has 1 aliphatic heterocycles. The summed E-state index contributed by atoms with van der Waals surface area (Å²) in [4.78, 5) is 2.45. The highest BCUT2D eigenvalue weighted by molar-refractivity contribution is 7.99. The SMILES string of the molecule is CC1CSCCN1Cc1ccc(F)cc1CN.